The van der Waals surface area contributed by atoms with Gasteiger partial charge in [-0.1, -0.05) is 54.6 Å². The summed E-state index contributed by atoms with van der Waals surface area (Å²) >= 11 is 1.48. The Kier molecular flexibility index (Phi) is 7.47. The third-order valence-corrected chi connectivity index (χ3v) is 6.68. The van der Waals surface area contributed by atoms with Crippen LogP contribution in [-0.2, 0) is 20.7 Å². The monoisotopic (exact) mass is 476 g/mol. The molecular formula is C26H28N4O3S. The molecule has 2 aromatic rings. The summed E-state index contributed by atoms with van der Waals surface area (Å²) < 4.78 is 5.15. The zero-order chi connectivity index (χ0) is 24.1. The average molecular weight is 477 g/mol. The number of allylic oxidation sites excluding steroid dienone is 1. The lowest BCUT2D eigenvalue weighted by atomic mass is 9.92. The molecule has 1 N–H and O–H groups in total. The van der Waals surface area contributed by atoms with Crippen LogP contribution in [0.25, 0.3) is 0 Å². The molecule has 0 fully saturated rings. The van der Waals surface area contributed by atoms with Crippen molar-refractivity contribution in [3.8, 4) is 0 Å². The minimum absolute atomic E-state index is 0.0865. The van der Waals surface area contributed by atoms with Gasteiger partial charge >= 0.3 is 5.97 Å². The van der Waals surface area contributed by atoms with Crippen LogP contribution in [0.3, 0.4) is 0 Å². The number of methoxy groups -OCH3 is 1. The van der Waals surface area contributed by atoms with Crippen LogP contribution in [0.1, 0.15) is 42.6 Å². The van der Waals surface area contributed by atoms with E-state index in [0.717, 1.165) is 27.7 Å². The number of benzene rings is 1. The summed E-state index contributed by atoms with van der Waals surface area (Å²) in [6.07, 6.45) is 3.20. The fourth-order valence-electron chi connectivity index (χ4n) is 4.08. The summed E-state index contributed by atoms with van der Waals surface area (Å²) in [4.78, 5) is 36.7. The quantitative estimate of drug-likeness (QED) is 0.573. The van der Waals surface area contributed by atoms with Crippen molar-refractivity contribution in [2.24, 2.45) is 4.99 Å². The summed E-state index contributed by atoms with van der Waals surface area (Å²) in [5.74, 6) is -0.488. The number of fused-ring (bicyclic) bond motifs is 1. The number of ether oxygens (including phenoxy) is 1. The van der Waals surface area contributed by atoms with Gasteiger partial charge in [-0.2, -0.15) is 0 Å². The van der Waals surface area contributed by atoms with Crippen molar-refractivity contribution >= 4 is 28.8 Å². The number of carbonyl (C=O) groups excluding carboxylic acids is 2. The van der Waals surface area contributed by atoms with Gasteiger partial charge in [0.2, 0.25) is 5.91 Å². The highest BCUT2D eigenvalue weighted by Gasteiger charge is 2.41. The van der Waals surface area contributed by atoms with E-state index in [2.05, 4.69) is 10.3 Å². The minimum Gasteiger partial charge on any atom is -0.466 e. The Bertz CT molecular complexity index is 1160. The molecule has 4 rings (SSSR count). The predicted octanol–water partition coefficient (Wildman–Crippen LogP) is 4.28. The number of hydrogen-bond acceptors (Lipinski definition) is 7. The number of carbonyl (C=O) groups is 2. The van der Waals surface area contributed by atoms with Crippen LogP contribution < -0.4 is 5.32 Å². The molecule has 0 bridgehead atoms. The second-order valence-corrected chi connectivity index (χ2v) is 8.94. The summed E-state index contributed by atoms with van der Waals surface area (Å²) in [7, 11) is 1.39. The molecule has 0 radical (unpaired) electrons. The largest absolute Gasteiger partial charge is 0.466 e. The second kappa shape index (κ2) is 10.7. The summed E-state index contributed by atoms with van der Waals surface area (Å²) in [6.45, 7) is 4.51. The van der Waals surface area contributed by atoms with Gasteiger partial charge in [-0.05, 0) is 36.4 Å². The van der Waals surface area contributed by atoms with Gasteiger partial charge in [0.15, 0.2) is 5.17 Å². The number of thioether (sulfide) groups is 1. The van der Waals surface area contributed by atoms with E-state index in [1.54, 1.807) is 6.20 Å². The molecule has 34 heavy (non-hydrogen) atoms. The number of aromatic nitrogens is 1. The van der Waals surface area contributed by atoms with Crippen molar-refractivity contribution in [2.75, 3.05) is 13.7 Å². The maximum Gasteiger partial charge on any atom is 0.338 e. The van der Waals surface area contributed by atoms with E-state index < -0.39 is 12.0 Å². The van der Waals surface area contributed by atoms with Crippen LogP contribution in [0, 0.1) is 6.92 Å². The topological polar surface area (TPSA) is 83.9 Å². The van der Waals surface area contributed by atoms with Gasteiger partial charge < -0.3 is 15.0 Å². The Morgan fingerprint density at radius 2 is 1.97 bits per heavy atom. The number of pyridine rings is 1. The lowest BCUT2D eigenvalue weighted by Crippen LogP contribution is -2.38. The maximum absolute atomic E-state index is 12.9. The first-order chi connectivity index (χ1) is 16.5. The SMILES string of the molecule is CCC1=C(C(=O)OC)[C@H](c2ccc(C)cc2)N2C(CC(=O)NCCc3ccccn3)=CSC2=N1. The standard InChI is InChI=1S/C26H28N4O3S/c1-4-21-23(25(32)33-3)24(18-10-8-17(2)9-11-18)30-20(16-34-26(30)29-21)15-22(31)28-14-12-19-7-5-6-13-27-19/h5-11,13,16,24H,4,12,14-15H2,1-3H3,(H,28,31)/t24-/m0/s1. The predicted molar refractivity (Wildman–Crippen MR) is 134 cm³/mol. The molecule has 0 saturated heterocycles. The lowest BCUT2D eigenvalue weighted by Gasteiger charge is -2.36. The van der Waals surface area contributed by atoms with Crippen LogP contribution >= 0.6 is 11.8 Å². The third-order valence-electron chi connectivity index (χ3n) is 5.79. The van der Waals surface area contributed by atoms with E-state index in [1.807, 2.05) is 66.6 Å². The highest BCUT2D eigenvalue weighted by molar-refractivity contribution is 8.16. The Labute approximate surface area is 204 Å². The molecule has 176 valence electrons. The van der Waals surface area contributed by atoms with E-state index in [9.17, 15) is 9.59 Å². The van der Waals surface area contributed by atoms with Crippen molar-refractivity contribution in [1.82, 2.24) is 15.2 Å². The normalized spacial score (nSPS) is 17.1. The van der Waals surface area contributed by atoms with Gasteiger partial charge in [-0.3, -0.25) is 9.78 Å². The molecule has 1 aromatic heterocycles. The van der Waals surface area contributed by atoms with E-state index >= 15 is 0 Å². The van der Waals surface area contributed by atoms with Gasteiger partial charge in [0.05, 0.1) is 30.8 Å². The summed E-state index contributed by atoms with van der Waals surface area (Å²) in [5.41, 5.74) is 5.05. The third kappa shape index (κ3) is 5.07. The smallest absolute Gasteiger partial charge is 0.338 e. The first-order valence-electron chi connectivity index (χ1n) is 11.3. The molecule has 7 nitrogen and oxygen atoms in total. The van der Waals surface area contributed by atoms with Crippen molar-refractivity contribution < 1.29 is 14.3 Å². The molecule has 1 atom stereocenters. The Morgan fingerprint density at radius 3 is 2.65 bits per heavy atom. The van der Waals surface area contributed by atoms with Crippen LogP contribution in [-0.4, -0.2) is 40.6 Å². The molecule has 1 aromatic carbocycles. The van der Waals surface area contributed by atoms with Crippen molar-refractivity contribution in [3.05, 3.63) is 87.9 Å². The van der Waals surface area contributed by atoms with Crippen LogP contribution in [0.5, 0.6) is 0 Å². The van der Waals surface area contributed by atoms with E-state index in [0.29, 0.717) is 30.7 Å². The number of esters is 1. The molecule has 0 spiro atoms. The number of aryl methyl sites for hydroxylation is 1. The Hall–Kier alpha value is -3.39. The highest BCUT2D eigenvalue weighted by atomic mass is 32.2. The van der Waals surface area contributed by atoms with E-state index in [-0.39, 0.29) is 12.3 Å². The van der Waals surface area contributed by atoms with Gasteiger partial charge in [0.25, 0.3) is 0 Å². The van der Waals surface area contributed by atoms with Crippen LogP contribution in [0.15, 0.2) is 76.0 Å². The molecule has 0 unspecified atom stereocenters. The number of aliphatic imine (C=N–C) groups is 1. The first kappa shape index (κ1) is 23.8. The van der Waals surface area contributed by atoms with Crippen molar-refractivity contribution in [3.63, 3.8) is 0 Å². The second-order valence-electron chi connectivity index (χ2n) is 8.11. The van der Waals surface area contributed by atoms with Crippen molar-refractivity contribution in [1.29, 1.82) is 0 Å². The zero-order valence-electron chi connectivity index (χ0n) is 19.6. The molecular weight excluding hydrogens is 448 g/mol. The molecule has 8 heteroatoms. The van der Waals surface area contributed by atoms with Crippen LogP contribution in [0.2, 0.25) is 0 Å². The molecule has 2 aliphatic rings. The number of nitrogens with one attached hydrogen (secondary N) is 1. The molecule has 1 amide bonds. The van der Waals surface area contributed by atoms with Gasteiger partial charge in [-0.15, -0.1) is 0 Å². The van der Waals surface area contributed by atoms with E-state index in [4.69, 9.17) is 9.73 Å². The van der Waals surface area contributed by atoms with E-state index in [1.165, 1.54) is 18.9 Å². The Morgan fingerprint density at radius 1 is 1.18 bits per heavy atom. The number of hydrogen-bond donors (Lipinski definition) is 1. The number of amidine groups is 1. The molecule has 3 heterocycles. The fraction of sp³-hybridized carbons (Fsp3) is 0.308. The number of rotatable bonds is 8. The maximum atomic E-state index is 12.9. The first-order valence-corrected chi connectivity index (χ1v) is 12.2. The average Bonchev–Trinajstić information content (AvgIpc) is 3.25. The molecule has 0 aliphatic carbocycles. The minimum atomic E-state index is -0.405. The fourth-order valence-corrected chi connectivity index (χ4v) is 5.02. The van der Waals surface area contributed by atoms with Gasteiger partial charge in [0.1, 0.15) is 0 Å². The number of nitrogens with zero attached hydrogens (tertiary/aromatic N) is 3. The summed E-state index contributed by atoms with van der Waals surface area (Å²) in [5, 5.41) is 5.70. The zero-order valence-corrected chi connectivity index (χ0v) is 20.4. The number of amides is 1. The van der Waals surface area contributed by atoms with Crippen molar-refractivity contribution in [2.45, 2.75) is 39.2 Å². The lowest BCUT2D eigenvalue weighted by molar-refractivity contribution is -0.136. The molecule has 2 aliphatic heterocycles. The summed E-state index contributed by atoms with van der Waals surface area (Å²) in [6, 6.07) is 13.4. The highest BCUT2D eigenvalue weighted by Crippen LogP contribution is 2.45. The van der Waals surface area contributed by atoms with Gasteiger partial charge in [0, 0.05) is 30.6 Å². The van der Waals surface area contributed by atoms with Gasteiger partial charge in [-0.25, -0.2) is 9.79 Å². The van der Waals surface area contributed by atoms with Crippen LogP contribution in [0.4, 0.5) is 0 Å². The Balaban J connectivity index is 1.56. The molecule has 0 saturated carbocycles.